The maximum absolute atomic E-state index is 12.3. The number of carbonyl (C=O) groups excluding carboxylic acids is 1. The van der Waals surface area contributed by atoms with Crippen molar-refractivity contribution in [2.24, 2.45) is 5.11 Å². The van der Waals surface area contributed by atoms with E-state index in [4.69, 9.17) is 13.9 Å². The number of esters is 1. The number of azide groups is 1. The lowest BCUT2D eigenvalue weighted by Crippen LogP contribution is -2.67. The molecule has 0 bridgehead atoms. The zero-order valence-corrected chi connectivity index (χ0v) is 22.5. The van der Waals surface area contributed by atoms with Crippen molar-refractivity contribution in [2.75, 3.05) is 6.61 Å². The minimum Gasteiger partial charge on any atom is -0.459 e. The fourth-order valence-electron chi connectivity index (χ4n) is 5.05. The second-order valence-electron chi connectivity index (χ2n) is 10.2. The molecule has 4 rings (SSSR count). The summed E-state index contributed by atoms with van der Waals surface area (Å²) in [7, 11) is -2.87. The fraction of sp³-hybridized carbons (Fsp3) is 0.345. The summed E-state index contributed by atoms with van der Waals surface area (Å²) in [5.74, 6) is -0.369. The molecule has 7 nitrogen and oxygen atoms in total. The molecule has 1 saturated heterocycles. The Kier molecular flexibility index (Phi) is 8.46. The maximum atomic E-state index is 12.3. The Morgan fingerprint density at radius 2 is 1.51 bits per heavy atom. The van der Waals surface area contributed by atoms with Crippen LogP contribution in [-0.2, 0) is 25.3 Å². The molecule has 3 atom stereocenters. The summed E-state index contributed by atoms with van der Waals surface area (Å²) in [6, 6.07) is 29.5. The molecule has 0 saturated carbocycles. The van der Waals surface area contributed by atoms with E-state index in [9.17, 15) is 10.3 Å². The minimum atomic E-state index is -2.87. The van der Waals surface area contributed by atoms with Crippen LogP contribution < -0.4 is 10.4 Å². The number of rotatable bonds is 10. The lowest BCUT2D eigenvalue weighted by Gasteiger charge is -2.43. The monoisotopic (exact) mass is 515 g/mol. The fourth-order valence-corrected chi connectivity index (χ4v) is 9.62. The van der Waals surface area contributed by atoms with E-state index < -0.39 is 26.6 Å². The van der Waals surface area contributed by atoms with Crippen LogP contribution in [0, 0.1) is 0 Å². The second kappa shape index (κ2) is 11.8. The predicted octanol–water partition coefficient (Wildman–Crippen LogP) is 5.14. The Morgan fingerprint density at radius 1 is 0.973 bits per heavy atom. The highest BCUT2D eigenvalue weighted by atomic mass is 28.4. The van der Waals surface area contributed by atoms with Gasteiger partial charge in [-0.3, -0.25) is 4.79 Å². The van der Waals surface area contributed by atoms with Gasteiger partial charge in [0.25, 0.3) is 8.32 Å². The standard InChI is InChI=1S/C29H33N3O4Si/c1-29(2,3)37(23-15-9-5-10-16-23,24-17-11-6-12-18-24)35-21-25(31-32-30)28-26(19-27(33)36-28)34-20-22-13-7-4-8-14-22/h4-18,25-26,28H,19-21H2,1-3H3/t25-,26+,28-/m1/s1. The van der Waals surface area contributed by atoms with E-state index in [2.05, 4.69) is 55.1 Å². The number of carbonyl (C=O) groups is 1. The summed E-state index contributed by atoms with van der Waals surface area (Å²) in [4.78, 5) is 15.4. The molecule has 0 N–H and O–H groups in total. The highest BCUT2D eigenvalue weighted by Gasteiger charge is 2.51. The number of hydrogen-bond acceptors (Lipinski definition) is 5. The number of nitrogens with zero attached hydrogens (tertiary/aromatic N) is 3. The van der Waals surface area contributed by atoms with E-state index in [-0.39, 0.29) is 24.0 Å². The lowest BCUT2D eigenvalue weighted by molar-refractivity contribution is -0.143. The topological polar surface area (TPSA) is 93.5 Å². The van der Waals surface area contributed by atoms with Crippen LogP contribution in [0.2, 0.25) is 5.04 Å². The van der Waals surface area contributed by atoms with Crippen molar-refractivity contribution in [1.82, 2.24) is 0 Å². The van der Waals surface area contributed by atoms with Crippen molar-refractivity contribution in [3.63, 3.8) is 0 Å². The Balaban J connectivity index is 1.64. The van der Waals surface area contributed by atoms with E-state index in [1.807, 2.05) is 66.7 Å². The van der Waals surface area contributed by atoms with E-state index >= 15 is 0 Å². The van der Waals surface area contributed by atoms with Gasteiger partial charge in [-0.25, -0.2) is 0 Å². The number of cyclic esters (lactones) is 1. The van der Waals surface area contributed by atoms with Crippen molar-refractivity contribution in [1.29, 1.82) is 0 Å². The first-order valence-electron chi connectivity index (χ1n) is 12.5. The molecular weight excluding hydrogens is 482 g/mol. The van der Waals surface area contributed by atoms with Gasteiger partial charge in [-0.1, -0.05) is 117 Å². The first-order chi connectivity index (χ1) is 17.8. The lowest BCUT2D eigenvalue weighted by atomic mass is 10.1. The zero-order chi connectivity index (χ0) is 26.3. The van der Waals surface area contributed by atoms with E-state index in [1.165, 1.54) is 0 Å². The van der Waals surface area contributed by atoms with Gasteiger partial charge in [0.05, 0.1) is 19.1 Å². The third-order valence-electron chi connectivity index (χ3n) is 6.78. The molecule has 0 amide bonds. The summed E-state index contributed by atoms with van der Waals surface area (Å²) in [6.07, 6.45) is -1.16. The molecule has 1 aliphatic rings. The van der Waals surface area contributed by atoms with Gasteiger partial charge < -0.3 is 13.9 Å². The molecule has 0 aliphatic carbocycles. The smallest absolute Gasteiger partial charge is 0.308 e. The zero-order valence-electron chi connectivity index (χ0n) is 21.5. The average Bonchev–Trinajstić information content (AvgIpc) is 3.28. The first-order valence-corrected chi connectivity index (χ1v) is 14.4. The minimum absolute atomic E-state index is 0.0977. The highest BCUT2D eigenvalue weighted by Crippen LogP contribution is 2.37. The quantitative estimate of drug-likeness (QED) is 0.123. The SMILES string of the molecule is CC(C)(C)[Si](OC[C@@H](N=[N+]=[N-])[C@H]1OC(=O)C[C@@H]1OCc1ccccc1)(c1ccccc1)c1ccccc1. The van der Waals surface area contributed by atoms with E-state index in [0.717, 1.165) is 15.9 Å². The Hall–Kier alpha value is -3.42. The maximum Gasteiger partial charge on any atom is 0.308 e. The first kappa shape index (κ1) is 26.6. The van der Waals surface area contributed by atoms with Gasteiger partial charge in [0.15, 0.2) is 0 Å². The van der Waals surface area contributed by atoms with Gasteiger partial charge in [-0.15, -0.1) is 0 Å². The molecule has 0 unspecified atom stereocenters. The molecule has 3 aromatic rings. The summed E-state index contributed by atoms with van der Waals surface area (Å²) in [6.45, 7) is 6.98. The third-order valence-corrected chi connectivity index (χ3v) is 11.8. The molecule has 1 heterocycles. The van der Waals surface area contributed by atoms with Crippen LogP contribution in [0.4, 0.5) is 0 Å². The van der Waals surface area contributed by atoms with Gasteiger partial charge in [0.2, 0.25) is 0 Å². The average molecular weight is 516 g/mol. The highest BCUT2D eigenvalue weighted by molar-refractivity contribution is 6.99. The number of ether oxygens (including phenoxy) is 2. The van der Waals surface area contributed by atoms with Gasteiger partial charge in [-0.2, -0.15) is 0 Å². The van der Waals surface area contributed by atoms with Crippen molar-refractivity contribution < 1.29 is 18.7 Å². The van der Waals surface area contributed by atoms with Crippen LogP contribution >= 0.6 is 0 Å². The molecular formula is C29H33N3O4Si. The molecule has 1 aliphatic heterocycles. The van der Waals surface area contributed by atoms with Gasteiger partial charge >= 0.3 is 5.97 Å². The second-order valence-corrected chi connectivity index (χ2v) is 14.5. The Labute approximate surface area is 219 Å². The largest absolute Gasteiger partial charge is 0.459 e. The van der Waals surface area contributed by atoms with Gasteiger partial charge in [0.1, 0.15) is 12.2 Å². The van der Waals surface area contributed by atoms with Crippen molar-refractivity contribution in [3.05, 3.63) is 107 Å². The van der Waals surface area contributed by atoms with Crippen LogP contribution in [0.3, 0.4) is 0 Å². The molecule has 192 valence electrons. The molecule has 0 radical (unpaired) electrons. The number of benzene rings is 3. The molecule has 37 heavy (non-hydrogen) atoms. The summed E-state index contributed by atoms with van der Waals surface area (Å²) >= 11 is 0. The predicted molar refractivity (Wildman–Crippen MR) is 146 cm³/mol. The van der Waals surface area contributed by atoms with Crippen molar-refractivity contribution in [2.45, 2.75) is 57.1 Å². The normalized spacial score (nSPS) is 18.6. The third kappa shape index (κ3) is 5.94. The molecule has 8 heteroatoms. The summed E-state index contributed by atoms with van der Waals surface area (Å²) in [5.41, 5.74) is 10.4. The van der Waals surface area contributed by atoms with Crippen LogP contribution in [0.5, 0.6) is 0 Å². The van der Waals surface area contributed by atoms with Gasteiger partial charge in [-0.05, 0) is 26.5 Å². The number of hydrogen-bond donors (Lipinski definition) is 0. The Bertz CT molecular complexity index is 1170. The van der Waals surface area contributed by atoms with Crippen LogP contribution in [0.1, 0.15) is 32.8 Å². The molecule has 1 fully saturated rings. The molecule has 0 aromatic heterocycles. The summed E-state index contributed by atoms with van der Waals surface area (Å²) < 4.78 is 18.7. The molecule has 0 spiro atoms. The van der Waals surface area contributed by atoms with Crippen LogP contribution in [-0.4, -0.2) is 39.1 Å². The van der Waals surface area contributed by atoms with Crippen molar-refractivity contribution >= 4 is 24.7 Å². The molecule has 3 aromatic carbocycles. The van der Waals surface area contributed by atoms with E-state index in [0.29, 0.717) is 6.61 Å². The van der Waals surface area contributed by atoms with Crippen LogP contribution in [0.25, 0.3) is 10.4 Å². The van der Waals surface area contributed by atoms with Crippen LogP contribution in [0.15, 0.2) is 96.1 Å². The summed E-state index contributed by atoms with van der Waals surface area (Å²) in [5, 5.41) is 6.03. The van der Waals surface area contributed by atoms with E-state index in [1.54, 1.807) is 0 Å². The Morgan fingerprint density at radius 3 is 2.03 bits per heavy atom. The van der Waals surface area contributed by atoms with Gasteiger partial charge in [0, 0.05) is 11.5 Å². The van der Waals surface area contributed by atoms with Crippen molar-refractivity contribution in [3.8, 4) is 0 Å².